The Kier molecular flexibility index (Phi) is 4.20. The van der Waals surface area contributed by atoms with Crippen molar-refractivity contribution in [3.63, 3.8) is 0 Å². The highest BCUT2D eigenvalue weighted by molar-refractivity contribution is 5.69. The van der Waals surface area contributed by atoms with E-state index in [1.807, 2.05) is 32.9 Å². The molecule has 2 rings (SSSR count). The minimum absolute atomic E-state index is 0.105. The lowest BCUT2D eigenvalue weighted by Crippen LogP contribution is -2.47. The molecule has 1 saturated heterocycles. The Hall–Kier alpha value is -1.66. The van der Waals surface area contributed by atoms with Crippen LogP contribution >= 0.6 is 0 Å². The molecule has 1 aliphatic heterocycles. The van der Waals surface area contributed by atoms with Crippen LogP contribution in [-0.4, -0.2) is 46.4 Å². The van der Waals surface area contributed by atoms with Crippen molar-refractivity contribution < 1.29 is 14.6 Å². The average Bonchev–Trinajstić information content (AvgIpc) is 2.76. The SMILES string of the molecule is CC(C)(C)OC(=O)N1CC(CO)C(N)(c2ccccn2)C1. The van der Waals surface area contributed by atoms with Crippen LogP contribution in [0.5, 0.6) is 0 Å². The molecule has 1 aliphatic rings. The third-order valence-corrected chi connectivity index (χ3v) is 3.64. The van der Waals surface area contributed by atoms with E-state index in [0.717, 1.165) is 0 Å². The number of aliphatic hydroxyl groups is 1. The number of amides is 1. The van der Waals surface area contributed by atoms with Crippen LogP contribution in [0.4, 0.5) is 4.79 Å². The highest BCUT2D eigenvalue weighted by Crippen LogP contribution is 2.34. The second kappa shape index (κ2) is 5.61. The average molecular weight is 293 g/mol. The number of carbonyl (C=O) groups is 1. The van der Waals surface area contributed by atoms with Gasteiger partial charge in [0, 0.05) is 31.8 Å². The van der Waals surface area contributed by atoms with Crippen LogP contribution in [0.1, 0.15) is 26.5 Å². The molecule has 0 aromatic carbocycles. The van der Waals surface area contributed by atoms with Crippen LogP contribution < -0.4 is 5.73 Å². The summed E-state index contributed by atoms with van der Waals surface area (Å²) in [7, 11) is 0. The maximum absolute atomic E-state index is 12.2. The van der Waals surface area contributed by atoms with Gasteiger partial charge in [0.25, 0.3) is 0 Å². The topological polar surface area (TPSA) is 88.7 Å². The Morgan fingerprint density at radius 2 is 2.29 bits per heavy atom. The van der Waals surface area contributed by atoms with E-state index in [1.54, 1.807) is 17.2 Å². The molecule has 6 nitrogen and oxygen atoms in total. The zero-order chi connectivity index (χ0) is 15.7. The zero-order valence-corrected chi connectivity index (χ0v) is 12.7. The van der Waals surface area contributed by atoms with Gasteiger partial charge < -0.3 is 20.5 Å². The second-order valence-corrected chi connectivity index (χ2v) is 6.50. The first-order valence-corrected chi connectivity index (χ1v) is 7.05. The normalized spacial score (nSPS) is 26.0. The quantitative estimate of drug-likeness (QED) is 0.852. The van der Waals surface area contributed by atoms with Crippen LogP contribution in [0.25, 0.3) is 0 Å². The maximum Gasteiger partial charge on any atom is 0.410 e. The smallest absolute Gasteiger partial charge is 0.410 e. The predicted octanol–water partition coefficient (Wildman–Crippen LogP) is 1.09. The molecule has 0 aliphatic carbocycles. The lowest BCUT2D eigenvalue weighted by Gasteiger charge is -2.28. The van der Waals surface area contributed by atoms with Crippen molar-refractivity contribution in [3.05, 3.63) is 30.1 Å². The molecule has 116 valence electrons. The van der Waals surface area contributed by atoms with E-state index in [9.17, 15) is 9.90 Å². The van der Waals surface area contributed by atoms with Crippen LogP contribution in [0, 0.1) is 5.92 Å². The molecule has 21 heavy (non-hydrogen) atoms. The van der Waals surface area contributed by atoms with E-state index < -0.39 is 17.2 Å². The lowest BCUT2D eigenvalue weighted by atomic mass is 9.85. The molecule has 0 spiro atoms. The zero-order valence-electron chi connectivity index (χ0n) is 12.7. The van der Waals surface area contributed by atoms with E-state index in [1.165, 1.54) is 0 Å². The number of likely N-dealkylation sites (tertiary alicyclic amines) is 1. The van der Waals surface area contributed by atoms with Gasteiger partial charge in [-0.15, -0.1) is 0 Å². The van der Waals surface area contributed by atoms with Crippen molar-refractivity contribution in [2.24, 2.45) is 11.7 Å². The third kappa shape index (κ3) is 3.33. The van der Waals surface area contributed by atoms with Crippen molar-refractivity contribution >= 4 is 6.09 Å². The minimum Gasteiger partial charge on any atom is -0.444 e. The van der Waals surface area contributed by atoms with Gasteiger partial charge in [0.2, 0.25) is 0 Å². The Labute approximate surface area is 124 Å². The molecule has 6 heteroatoms. The van der Waals surface area contributed by atoms with Crippen molar-refractivity contribution in [2.45, 2.75) is 31.9 Å². The largest absolute Gasteiger partial charge is 0.444 e. The molecule has 1 fully saturated rings. The Balaban J connectivity index is 2.20. The summed E-state index contributed by atoms with van der Waals surface area (Å²) in [5.74, 6) is -0.264. The number of hydrogen-bond donors (Lipinski definition) is 2. The lowest BCUT2D eigenvalue weighted by molar-refractivity contribution is 0.0279. The number of aliphatic hydroxyl groups excluding tert-OH is 1. The van der Waals surface area contributed by atoms with Crippen LogP contribution in [-0.2, 0) is 10.3 Å². The number of nitrogens with zero attached hydrogens (tertiary/aromatic N) is 2. The number of hydrogen-bond acceptors (Lipinski definition) is 5. The highest BCUT2D eigenvalue weighted by Gasteiger charge is 2.48. The van der Waals surface area contributed by atoms with Crippen molar-refractivity contribution in [3.8, 4) is 0 Å². The van der Waals surface area contributed by atoms with Gasteiger partial charge in [-0.25, -0.2) is 4.79 Å². The van der Waals surface area contributed by atoms with E-state index in [4.69, 9.17) is 10.5 Å². The summed E-state index contributed by atoms with van der Waals surface area (Å²) in [5, 5.41) is 9.61. The molecule has 1 amide bonds. The highest BCUT2D eigenvalue weighted by atomic mass is 16.6. The summed E-state index contributed by atoms with van der Waals surface area (Å²) < 4.78 is 5.37. The summed E-state index contributed by atoms with van der Waals surface area (Å²) in [4.78, 5) is 18.0. The standard InChI is InChI=1S/C15H23N3O3/c1-14(2,3)21-13(20)18-8-11(9-19)15(16,10-18)12-6-4-5-7-17-12/h4-7,11,19H,8-10,16H2,1-3H3. The molecule has 0 radical (unpaired) electrons. The number of ether oxygens (including phenoxy) is 1. The van der Waals surface area contributed by atoms with E-state index in [0.29, 0.717) is 12.2 Å². The van der Waals surface area contributed by atoms with Gasteiger partial charge in [-0.3, -0.25) is 4.98 Å². The van der Waals surface area contributed by atoms with Gasteiger partial charge in [0.05, 0.1) is 11.2 Å². The molecule has 2 heterocycles. The molecular weight excluding hydrogens is 270 g/mol. The van der Waals surface area contributed by atoms with Crippen molar-refractivity contribution in [1.29, 1.82) is 0 Å². The summed E-state index contributed by atoms with van der Waals surface area (Å²) in [5.41, 5.74) is 5.72. The van der Waals surface area contributed by atoms with Gasteiger partial charge in [-0.05, 0) is 32.9 Å². The molecule has 3 N–H and O–H groups in total. The number of nitrogens with two attached hydrogens (primary N) is 1. The van der Waals surface area contributed by atoms with Crippen molar-refractivity contribution in [2.75, 3.05) is 19.7 Å². The van der Waals surface area contributed by atoms with Crippen LogP contribution in [0.3, 0.4) is 0 Å². The van der Waals surface area contributed by atoms with Crippen molar-refractivity contribution in [1.82, 2.24) is 9.88 Å². The Bertz CT molecular complexity index is 501. The van der Waals surface area contributed by atoms with Crippen LogP contribution in [0.2, 0.25) is 0 Å². The summed E-state index contributed by atoms with van der Waals surface area (Å²) in [6.45, 7) is 5.99. The number of rotatable bonds is 2. The maximum atomic E-state index is 12.2. The first-order chi connectivity index (χ1) is 9.76. The van der Waals surface area contributed by atoms with E-state index in [2.05, 4.69) is 4.98 Å². The molecular formula is C15H23N3O3. The molecule has 1 aromatic heterocycles. The fourth-order valence-electron chi connectivity index (χ4n) is 2.55. The fourth-order valence-corrected chi connectivity index (χ4v) is 2.55. The number of aromatic nitrogens is 1. The van der Waals surface area contributed by atoms with E-state index >= 15 is 0 Å². The minimum atomic E-state index is -0.854. The molecule has 0 saturated carbocycles. The van der Waals surface area contributed by atoms with Gasteiger partial charge >= 0.3 is 6.09 Å². The second-order valence-electron chi connectivity index (χ2n) is 6.50. The molecule has 2 unspecified atom stereocenters. The Morgan fingerprint density at radius 1 is 1.57 bits per heavy atom. The molecule has 0 bridgehead atoms. The number of pyridine rings is 1. The first-order valence-electron chi connectivity index (χ1n) is 7.05. The van der Waals surface area contributed by atoms with Gasteiger partial charge in [-0.2, -0.15) is 0 Å². The number of carbonyl (C=O) groups excluding carboxylic acids is 1. The first kappa shape index (κ1) is 15.7. The summed E-state index contributed by atoms with van der Waals surface area (Å²) in [6, 6.07) is 5.48. The Morgan fingerprint density at radius 3 is 2.81 bits per heavy atom. The summed E-state index contributed by atoms with van der Waals surface area (Å²) >= 11 is 0. The van der Waals surface area contributed by atoms with Gasteiger partial charge in [-0.1, -0.05) is 6.07 Å². The van der Waals surface area contributed by atoms with Gasteiger partial charge in [0.1, 0.15) is 5.60 Å². The fraction of sp³-hybridized carbons (Fsp3) is 0.600. The van der Waals surface area contributed by atoms with E-state index in [-0.39, 0.29) is 19.1 Å². The molecule has 2 atom stereocenters. The third-order valence-electron chi connectivity index (χ3n) is 3.64. The summed E-state index contributed by atoms with van der Waals surface area (Å²) in [6.07, 6.45) is 1.25. The molecule has 1 aromatic rings. The van der Waals surface area contributed by atoms with Crippen LogP contribution in [0.15, 0.2) is 24.4 Å². The monoisotopic (exact) mass is 293 g/mol. The van der Waals surface area contributed by atoms with Gasteiger partial charge in [0.15, 0.2) is 0 Å². The predicted molar refractivity (Wildman–Crippen MR) is 78.5 cm³/mol.